The van der Waals surface area contributed by atoms with Crippen molar-refractivity contribution in [3.8, 4) is 0 Å². The molecule has 0 bridgehead atoms. The number of benzene rings is 3. The summed E-state index contributed by atoms with van der Waals surface area (Å²) < 4.78 is 35.6. The van der Waals surface area contributed by atoms with Gasteiger partial charge in [0.25, 0.3) is 15.9 Å². The molecule has 0 unspecified atom stereocenters. The topological polar surface area (TPSA) is 88.4 Å². The molecule has 0 saturated heterocycles. The van der Waals surface area contributed by atoms with E-state index in [1.54, 1.807) is 30.3 Å². The van der Waals surface area contributed by atoms with Crippen molar-refractivity contribution in [2.75, 3.05) is 10.0 Å². The summed E-state index contributed by atoms with van der Waals surface area (Å²) in [4.78, 5) is 12.3. The van der Waals surface area contributed by atoms with Gasteiger partial charge in [0.05, 0.1) is 10.6 Å². The van der Waals surface area contributed by atoms with Crippen LogP contribution in [0.4, 0.5) is 11.4 Å². The second-order valence-electron chi connectivity index (χ2n) is 8.27. The fraction of sp³-hybridized carbons (Fsp3) is 0.208. The quantitative estimate of drug-likeness (QED) is 0.469. The number of carbonyl (C=O) groups excluding carboxylic acids is 1. The highest BCUT2D eigenvalue weighted by atomic mass is 32.2. The van der Waals surface area contributed by atoms with Gasteiger partial charge in [-0.25, -0.2) is 8.42 Å². The highest BCUT2D eigenvalue weighted by Gasteiger charge is 2.27. The molecular weight excluding hydrogens is 412 g/mol. The van der Waals surface area contributed by atoms with Gasteiger partial charge in [-0.3, -0.25) is 9.52 Å². The zero-order valence-corrected chi connectivity index (χ0v) is 17.7. The van der Waals surface area contributed by atoms with Crippen molar-refractivity contribution < 1.29 is 17.6 Å². The monoisotopic (exact) mass is 432 g/mol. The van der Waals surface area contributed by atoms with Crippen molar-refractivity contribution in [1.82, 2.24) is 0 Å². The number of fused-ring (bicyclic) bond motifs is 3. The molecule has 6 rings (SSSR count). The predicted molar refractivity (Wildman–Crippen MR) is 120 cm³/mol. The molecule has 2 heterocycles. The number of hydrogen-bond acceptors (Lipinski definition) is 4. The summed E-state index contributed by atoms with van der Waals surface area (Å²) in [5, 5.41) is 4.94. The van der Waals surface area contributed by atoms with E-state index in [0.717, 1.165) is 48.0 Å². The van der Waals surface area contributed by atoms with E-state index in [0.29, 0.717) is 27.7 Å². The van der Waals surface area contributed by atoms with E-state index in [2.05, 4.69) is 10.0 Å². The highest BCUT2D eigenvalue weighted by molar-refractivity contribution is 7.93. The fourth-order valence-electron chi connectivity index (χ4n) is 4.82. The van der Waals surface area contributed by atoms with Gasteiger partial charge in [-0.05, 0) is 62.1 Å². The summed E-state index contributed by atoms with van der Waals surface area (Å²) in [5.74, 6) is 0.805. The van der Waals surface area contributed by atoms with Crippen molar-refractivity contribution >= 4 is 49.0 Å². The van der Waals surface area contributed by atoms with Crippen LogP contribution in [0.5, 0.6) is 0 Å². The van der Waals surface area contributed by atoms with Crippen LogP contribution in [0.15, 0.2) is 51.8 Å². The number of rotatable bonds is 3. The van der Waals surface area contributed by atoms with Crippen LogP contribution < -0.4 is 10.0 Å². The van der Waals surface area contributed by atoms with Crippen LogP contribution in [0.1, 0.15) is 40.1 Å². The number of aryl methyl sites for hydroxylation is 3. The van der Waals surface area contributed by atoms with Gasteiger partial charge >= 0.3 is 0 Å². The van der Waals surface area contributed by atoms with Crippen molar-refractivity contribution in [2.45, 2.75) is 37.5 Å². The minimum Gasteiger partial charge on any atom is -0.461 e. The molecule has 31 heavy (non-hydrogen) atoms. The first-order valence-electron chi connectivity index (χ1n) is 10.4. The molecular formula is C24H20N2O4S. The Kier molecular flexibility index (Phi) is 3.77. The van der Waals surface area contributed by atoms with Crippen LogP contribution >= 0.6 is 0 Å². The van der Waals surface area contributed by atoms with Crippen LogP contribution in [0.3, 0.4) is 0 Å². The number of sulfonamides is 1. The van der Waals surface area contributed by atoms with Crippen LogP contribution in [-0.2, 0) is 22.9 Å². The van der Waals surface area contributed by atoms with Gasteiger partial charge in [0.15, 0.2) is 0 Å². The van der Waals surface area contributed by atoms with Crippen LogP contribution in [0, 0.1) is 6.92 Å². The van der Waals surface area contributed by atoms with E-state index < -0.39 is 10.0 Å². The molecule has 1 aromatic heterocycles. The van der Waals surface area contributed by atoms with Crippen molar-refractivity contribution in [1.29, 1.82) is 0 Å². The van der Waals surface area contributed by atoms with Gasteiger partial charge < -0.3 is 9.73 Å². The third-order valence-corrected chi connectivity index (χ3v) is 7.75. The van der Waals surface area contributed by atoms with Gasteiger partial charge in [-0.1, -0.05) is 12.1 Å². The second kappa shape index (κ2) is 6.34. The van der Waals surface area contributed by atoms with Gasteiger partial charge in [0.1, 0.15) is 11.3 Å². The van der Waals surface area contributed by atoms with Gasteiger partial charge in [-0.2, -0.15) is 0 Å². The molecule has 7 heteroatoms. The summed E-state index contributed by atoms with van der Waals surface area (Å²) >= 11 is 0. The first kappa shape index (κ1) is 18.4. The SMILES string of the molecule is Cc1cc2oc3c(c2cc1NS(=O)(=O)c1ccc2c4c(cccc14)C(=O)N2)CCCC3. The average Bonchev–Trinajstić information content (AvgIpc) is 3.26. The largest absolute Gasteiger partial charge is 0.461 e. The van der Waals surface area contributed by atoms with Crippen molar-refractivity contribution in [3.05, 3.63) is 64.9 Å². The molecule has 2 N–H and O–H groups in total. The van der Waals surface area contributed by atoms with Gasteiger partial charge in [-0.15, -0.1) is 0 Å². The molecule has 0 spiro atoms. The molecule has 3 aromatic carbocycles. The van der Waals surface area contributed by atoms with Gasteiger partial charge in [0.2, 0.25) is 0 Å². The Balaban J connectivity index is 1.48. The Morgan fingerprint density at radius 2 is 1.87 bits per heavy atom. The number of amides is 1. The van der Waals surface area contributed by atoms with E-state index in [1.807, 2.05) is 19.1 Å². The maximum absolute atomic E-state index is 13.4. The molecule has 0 saturated carbocycles. The lowest BCUT2D eigenvalue weighted by atomic mass is 9.95. The lowest BCUT2D eigenvalue weighted by molar-refractivity contribution is 0.103. The number of anilines is 2. The Bertz CT molecular complexity index is 1530. The van der Waals surface area contributed by atoms with Crippen LogP contribution in [-0.4, -0.2) is 14.3 Å². The number of nitrogens with one attached hydrogen (secondary N) is 2. The van der Waals surface area contributed by atoms with Crippen LogP contribution in [0.2, 0.25) is 0 Å². The van der Waals surface area contributed by atoms with E-state index in [1.165, 1.54) is 5.56 Å². The van der Waals surface area contributed by atoms with Crippen molar-refractivity contribution in [3.63, 3.8) is 0 Å². The molecule has 1 aliphatic carbocycles. The summed E-state index contributed by atoms with van der Waals surface area (Å²) in [5.41, 5.74) is 4.47. The summed E-state index contributed by atoms with van der Waals surface area (Å²) in [6.45, 7) is 1.87. The van der Waals surface area contributed by atoms with Crippen LogP contribution in [0.25, 0.3) is 21.7 Å². The third kappa shape index (κ3) is 2.69. The molecule has 6 nitrogen and oxygen atoms in total. The lowest BCUT2D eigenvalue weighted by Crippen LogP contribution is -2.14. The Morgan fingerprint density at radius 1 is 1.03 bits per heavy atom. The molecule has 0 radical (unpaired) electrons. The smallest absolute Gasteiger partial charge is 0.262 e. The molecule has 4 aromatic rings. The highest BCUT2D eigenvalue weighted by Crippen LogP contribution is 2.38. The van der Waals surface area contributed by atoms with E-state index in [9.17, 15) is 13.2 Å². The molecule has 156 valence electrons. The molecule has 0 fully saturated rings. The lowest BCUT2D eigenvalue weighted by Gasteiger charge is -2.14. The number of furan rings is 1. The average molecular weight is 433 g/mol. The zero-order chi connectivity index (χ0) is 21.3. The van der Waals surface area contributed by atoms with Gasteiger partial charge in [0, 0.05) is 39.4 Å². The third-order valence-electron chi connectivity index (χ3n) is 6.33. The molecule has 1 aliphatic heterocycles. The molecule has 1 amide bonds. The fourth-order valence-corrected chi connectivity index (χ4v) is 6.14. The predicted octanol–water partition coefficient (Wildman–Crippen LogP) is 5.14. The first-order chi connectivity index (χ1) is 14.9. The van der Waals surface area contributed by atoms with E-state index >= 15 is 0 Å². The Labute approximate surface area is 179 Å². The standard InChI is InChI=1S/C24H20N2O4S/c1-13-11-21-17(14-5-2-3-8-20(14)30-21)12-19(13)26-31(28,29)22-10-9-18-23-15(22)6-4-7-16(23)24(27)25-18/h4,6-7,9-12,26H,2-3,5,8H2,1H3,(H,25,27). The Morgan fingerprint density at radius 3 is 2.74 bits per heavy atom. The zero-order valence-electron chi connectivity index (χ0n) is 16.9. The maximum Gasteiger partial charge on any atom is 0.262 e. The summed E-state index contributed by atoms with van der Waals surface area (Å²) in [6.07, 6.45) is 4.11. The first-order valence-corrected chi connectivity index (χ1v) is 11.9. The summed E-state index contributed by atoms with van der Waals surface area (Å²) in [6, 6.07) is 12.1. The summed E-state index contributed by atoms with van der Waals surface area (Å²) in [7, 11) is -3.88. The molecule has 2 aliphatic rings. The minimum atomic E-state index is -3.88. The van der Waals surface area contributed by atoms with E-state index in [4.69, 9.17) is 4.42 Å². The number of carbonyl (C=O) groups is 1. The number of hydrogen-bond donors (Lipinski definition) is 2. The van der Waals surface area contributed by atoms with E-state index in [-0.39, 0.29) is 10.8 Å². The second-order valence-corrected chi connectivity index (χ2v) is 9.92. The maximum atomic E-state index is 13.4. The van der Waals surface area contributed by atoms with Crippen molar-refractivity contribution in [2.24, 2.45) is 0 Å². The minimum absolute atomic E-state index is 0.151. The Hall–Kier alpha value is -3.32. The normalized spacial score (nSPS) is 15.3. The molecule has 0 atom stereocenters.